The van der Waals surface area contributed by atoms with E-state index in [9.17, 15) is 0 Å². The first-order valence-corrected chi connectivity index (χ1v) is 7.17. The highest BCUT2D eigenvalue weighted by Crippen LogP contribution is 2.36. The smallest absolute Gasteiger partial charge is 0.0951 e. The Bertz CT molecular complexity index is 605. The van der Waals surface area contributed by atoms with E-state index >= 15 is 0 Å². The first-order valence-electron chi connectivity index (χ1n) is 6.04. The van der Waals surface area contributed by atoms with Crippen LogP contribution in [0.1, 0.15) is 24.6 Å². The molecule has 0 unspecified atom stereocenters. The van der Waals surface area contributed by atoms with Crippen LogP contribution in [-0.4, -0.2) is 9.55 Å². The zero-order valence-electron chi connectivity index (χ0n) is 10.0. The maximum absolute atomic E-state index is 6.13. The Kier molecular flexibility index (Phi) is 3.61. The second-order valence-electron chi connectivity index (χ2n) is 4.62. The standard InChI is InChI=1S/C13H12Cl3N3/c14-10-3-12(16)13(4-11(10)15)18-6-9-5-17-7-19(9)8-1-2-8/h3-5,7-8,18H,1-2,6H2. The highest BCUT2D eigenvalue weighted by Gasteiger charge is 2.25. The van der Waals surface area contributed by atoms with Gasteiger partial charge in [-0.25, -0.2) is 4.98 Å². The molecular formula is C13H12Cl3N3. The van der Waals surface area contributed by atoms with Gasteiger partial charge in [-0.3, -0.25) is 0 Å². The van der Waals surface area contributed by atoms with Gasteiger partial charge in [0.25, 0.3) is 0 Å². The van der Waals surface area contributed by atoms with Crippen molar-refractivity contribution in [1.82, 2.24) is 9.55 Å². The molecule has 0 saturated heterocycles. The number of aromatic nitrogens is 2. The van der Waals surface area contributed by atoms with E-state index in [0.29, 0.717) is 27.7 Å². The summed E-state index contributed by atoms with van der Waals surface area (Å²) in [6.07, 6.45) is 6.22. The lowest BCUT2D eigenvalue weighted by Gasteiger charge is -2.11. The summed E-state index contributed by atoms with van der Waals surface area (Å²) < 4.78 is 2.21. The summed E-state index contributed by atoms with van der Waals surface area (Å²) in [5.41, 5.74) is 1.92. The molecule has 3 rings (SSSR count). The fraction of sp³-hybridized carbons (Fsp3) is 0.308. The average molecular weight is 317 g/mol. The average Bonchev–Trinajstić information content (AvgIpc) is 3.12. The predicted octanol–water partition coefficient (Wildman–Crippen LogP) is 4.79. The molecule has 0 aliphatic heterocycles. The van der Waals surface area contributed by atoms with E-state index in [1.54, 1.807) is 12.1 Å². The number of hydrogen-bond acceptors (Lipinski definition) is 2. The maximum atomic E-state index is 6.13. The number of nitrogens with zero attached hydrogens (tertiary/aromatic N) is 2. The van der Waals surface area contributed by atoms with Crippen molar-refractivity contribution in [2.75, 3.05) is 5.32 Å². The third-order valence-corrected chi connectivity index (χ3v) is 4.19. The normalized spacial score (nSPS) is 14.7. The number of halogens is 3. The number of nitrogens with one attached hydrogen (secondary N) is 1. The highest BCUT2D eigenvalue weighted by molar-refractivity contribution is 6.44. The molecule has 1 aliphatic rings. The van der Waals surface area contributed by atoms with Crippen molar-refractivity contribution in [2.24, 2.45) is 0 Å². The minimum atomic E-state index is 0.459. The Morgan fingerprint density at radius 2 is 1.89 bits per heavy atom. The summed E-state index contributed by atoms with van der Waals surface area (Å²) in [4.78, 5) is 4.19. The number of imidazole rings is 1. The Labute approximate surface area is 126 Å². The fourth-order valence-corrected chi connectivity index (χ4v) is 2.61. The monoisotopic (exact) mass is 315 g/mol. The Hall–Kier alpha value is -0.900. The van der Waals surface area contributed by atoms with Crippen LogP contribution >= 0.6 is 34.8 Å². The van der Waals surface area contributed by atoms with Gasteiger partial charge in [-0.1, -0.05) is 34.8 Å². The molecule has 100 valence electrons. The second kappa shape index (κ2) is 5.23. The molecule has 2 aromatic rings. The Morgan fingerprint density at radius 3 is 2.63 bits per heavy atom. The summed E-state index contributed by atoms with van der Waals surface area (Å²) in [5.74, 6) is 0. The van der Waals surface area contributed by atoms with Gasteiger partial charge in [0, 0.05) is 12.2 Å². The molecule has 1 N–H and O–H groups in total. The molecule has 1 aliphatic carbocycles. The first-order chi connectivity index (χ1) is 9.15. The van der Waals surface area contributed by atoms with Crippen LogP contribution in [-0.2, 0) is 6.54 Å². The van der Waals surface area contributed by atoms with Crippen molar-refractivity contribution in [3.05, 3.63) is 45.4 Å². The molecule has 1 heterocycles. The van der Waals surface area contributed by atoms with Crippen molar-refractivity contribution in [1.29, 1.82) is 0 Å². The van der Waals surface area contributed by atoms with Crippen molar-refractivity contribution < 1.29 is 0 Å². The van der Waals surface area contributed by atoms with Crippen LogP contribution in [0, 0.1) is 0 Å². The highest BCUT2D eigenvalue weighted by atomic mass is 35.5. The largest absolute Gasteiger partial charge is 0.378 e. The van der Waals surface area contributed by atoms with E-state index in [0.717, 1.165) is 11.4 Å². The van der Waals surface area contributed by atoms with Crippen LogP contribution < -0.4 is 5.32 Å². The SMILES string of the molecule is Clc1cc(Cl)c(NCc2cncn2C2CC2)cc1Cl. The number of benzene rings is 1. The van der Waals surface area contributed by atoms with E-state index in [1.165, 1.54) is 12.8 Å². The molecule has 6 heteroatoms. The van der Waals surface area contributed by atoms with E-state index in [2.05, 4.69) is 14.9 Å². The van der Waals surface area contributed by atoms with Gasteiger partial charge in [0.1, 0.15) is 0 Å². The molecule has 0 radical (unpaired) electrons. The zero-order valence-corrected chi connectivity index (χ0v) is 12.3. The van der Waals surface area contributed by atoms with Crippen LogP contribution in [0.2, 0.25) is 15.1 Å². The van der Waals surface area contributed by atoms with E-state index in [4.69, 9.17) is 34.8 Å². The van der Waals surface area contributed by atoms with Crippen molar-refractivity contribution >= 4 is 40.5 Å². The summed E-state index contributed by atoms with van der Waals surface area (Å²) in [7, 11) is 0. The van der Waals surface area contributed by atoms with Crippen molar-refractivity contribution in [2.45, 2.75) is 25.4 Å². The van der Waals surface area contributed by atoms with Crippen LogP contribution in [0.5, 0.6) is 0 Å². The quantitative estimate of drug-likeness (QED) is 0.822. The summed E-state index contributed by atoms with van der Waals surface area (Å²) >= 11 is 18.0. The van der Waals surface area contributed by atoms with E-state index in [-0.39, 0.29) is 0 Å². The Balaban J connectivity index is 1.75. The van der Waals surface area contributed by atoms with Crippen molar-refractivity contribution in [3.8, 4) is 0 Å². The topological polar surface area (TPSA) is 29.9 Å². The maximum Gasteiger partial charge on any atom is 0.0951 e. The zero-order chi connectivity index (χ0) is 13.4. The molecule has 19 heavy (non-hydrogen) atoms. The minimum absolute atomic E-state index is 0.459. The van der Waals surface area contributed by atoms with Crippen LogP contribution in [0.25, 0.3) is 0 Å². The van der Waals surface area contributed by atoms with Gasteiger partial charge in [-0.15, -0.1) is 0 Å². The molecule has 3 nitrogen and oxygen atoms in total. The number of hydrogen-bond donors (Lipinski definition) is 1. The van der Waals surface area contributed by atoms with Gasteiger partial charge in [0.05, 0.1) is 39.3 Å². The molecule has 1 saturated carbocycles. The van der Waals surface area contributed by atoms with Gasteiger partial charge in [-0.2, -0.15) is 0 Å². The van der Waals surface area contributed by atoms with Gasteiger partial charge in [-0.05, 0) is 25.0 Å². The third kappa shape index (κ3) is 2.83. The molecule has 1 aromatic carbocycles. The van der Waals surface area contributed by atoms with Crippen LogP contribution in [0.15, 0.2) is 24.7 Å². The summed E-state index contributed by atoms with van der Waals surface area (Å²) in [5, 5.41) is 4.78. The third-order valence-electron chi connectivity index (χ3n) is 3.16. The molecule has 0 amide bonds. The lowest BCUT2D eigenvalue weighted by molar-refractivity contribution is 0.701. The van der Waals surface area contributed by atoms with E-state index < -0.39 is 0 Å². The molecule has 0 atom stereocenters. The molecule has 1 aromatic heterocycles. The van der Waals surface area contributed by atoms with E-state index in [1.807, 2.05) is 12.5 Å². The second-order valence-corrected chi connectivity index (χ2v) is 5.84. The molecule has 0 spiro atoms. The van der Waals surface area contributed by atoms with Crippen LogP contribution in [0.4, 0.5) is 5.69 Å². The van der Waals surface area contributed by atoms with Crippen molar-refractivity contribution in [3.63, 3.8) is 0 Å². The van der Waals surface area contributed by atoms with Gasteiger partial charge >= 0.3 is 0 Å². The Morgan fingerprint density at radius 1 is 1.16 bits per heavy atom. The van der Waals surface area contributed by atoms with Crippen LogP contribution in [0.3, 0.4) is 0 Å². The van der Waals surface area contributed by atoms with Gasteiger partial charge in [0.15, 0.2) is 0 Å². The number of rotatable bonds is 4. The minimum Gasteiger partial charge on any atom is -0.378 e. The lowest BCUT2D eigenvalue weighted by atomic mass is 10.3. The molecular weight excluding hydrogens is 305 g/mol. The molecule has 0 bridgehead atoms. The van der Waals surface area contributed by atoms with Gasteiger partial charge in [0.2, 0.25) is 0 Å². The predicted molar refractivity (Wildman–Crippen MR) is 79.3 cm³/mol. The summed E-state index contributed by atoms with van der Waals surface area (Å²) in [6, 6.07) is 4.00. The first kappa shape index (κ1) is 13.1. The van der Waals surface area contributed by atoms with Gasteiger partial charge < -0.3 is 9.88 Å². The number of anilines is 1. The summed E-state index contributed by atoms with van der Waals surface area (Å²) in [6.45, 7) is 0.661. The fourth-order valence-electron chi connectivity index (χ4n) is 1.99. The lowest BCUT2D eigenvalue weighted by Crippen LogP contribution is -2.06. The molecule has 1 fully saturated rings.